The zero-order chi connectivity index (χ0) is 20.2. The number of halogens is 1. The van der Waals surface area contributed by atoms with Crippen LogP contribution in [-0.4, -0.2) is 43.5 Å². The van der Waals surface area contributed by atoms with Gasteiger partial charge in [0.15, 0.2) is 15.8 Å². The van der Waals surface area contributed by atoms with E-state index in [0.717, 1.165) is 17.7 Å². The first-order valence-electron chi connectivity index (χ1n) is 8.87. The second-order valence-electron chi connectivity index (χ2n) is 6.86. The summed E-state index contributed by atoms with van der Waals surface area (Å²) in [6.45, 7) is 6.78. The number of aryl methyl sites for hydroxylation is 2. The Morgan fingerprint density at radius 3 is 2.32 bits per heavy atom. The molecular weight excluding hydrogens is 489 g/mol. The molecule has 2 rings (SSSR count). The van der Waals surface area contributed by atoms with Gasteiger partial charge in [0.05, 0.1) is 10.6 Å². The predicted octanol–water partition coefficient (Wildman–Crippen LogP) is 2.35. The summed E-state index contributed by atoms with van der Waals surface area (Å²) in [6, 6.07) is 7.05. The van der Waals surface area contributed by atoms with E-state index >= 15 is 0 Å². The van der Waals surface area contributed by atoms with Crippen LogP contribution in [0.1, 0.15) is 29.4 Å². The largest absolute Gasteiger partial charge is 0.354 e. The maximum Gasteiger partial charge on any atom is 0.191 e. The summed E-state index contributed by atoms with van der Waals surface area (Å²) in [5.74, 6) is 0.703. The smallest absolute Gasteiger partial charge is 0.191 e. The summed E-state index contributed by atoms with van der Waals surface area (Å²) >= 11 is 0. The van der Waals surface area contributed by atoms with Crippen LogP contribution in [0.3, 0.4) is 0 Å². The second-order valence-corrected chi connectivity index (χ2v) is 8.88. The Hall–Kier alpha value is -1.62. The maximum atomic E-state index is 11.5. The number of aromatic nitrogens is 2. The van der Waals surface area contributed by atoms with Gasteiger partial charge in [-0.2, -0.15) is 5.10 Å². The number of aliphatic imine (C=N–C) groups is 1. The second kappa shape index (κ2) is 10.2. The minimum absolute atomic E-state index is 0. The maximum absolute atomic E-state index is 11.5. The average molecular weight is 519 g/mol. The molecule has 28 heavy (non-hydrogen) atoms. The van der Waals surface area contributed by atoms with E-state index in [9.17, 15) is 8.42 Å². The van der Waals surface area contributed by atoms with Crippen molar-refractivity contribution in [2.24, 2.45) is 12.0 Å². The van der Waals surface area contributed by atoms with Gasteiger partial charge in [-0.3, -0.25) is 9.67 Å². The van der Waals surface area contributed by atoms with Crippen LogP contribution in [-0.2, 0) is 29.9 Å². The van der Waals surface area contributed by atoms with E-state index in [-0.39, 0.29) is 30.0 Å². The van der Waals surface area contributed by atoms with Gasteiger partial charge >= 0.3 is 0 Å². The van der Waals surface area contributed by atoms with Crippen molar-refractivity contribution in [1.29, 1.82) is 0 Å². The van der Waals surface area contributed by atoms with E-state index in [1.807, 2.05) is 30.8 Å². The minimum Gasteiger partial charge on any atom is -0.354 e. The van der Waals surface area contributed by atoms with E-state index in [1.165, 1.54) is 17.5 Å². The molecule has 9 heteroatoms. The number of guanidine groups is 1. The first kappa shape index (κ1) is 24.4. The highest BCUT2D eigenvalue weighted by Gasteiger charge is 2.14. The van der Waals surface area contributed by atoms with Crippen molar-refractivity contribution in [3.63, 3.8) is 0 Å². The van der Waals surface area contributed by atoms with Crippen molar-refractivity contribution in [2.75, 3.05) is 13.3 Å². The number of hydrogen-bond donors (Lipinski definition) is 2. The number of nitrogens with one attached hydrogen (secondary N) is 2. The fourth-order valence-electron chi connectivity index (χ4n) is 2.94. The SMILES string of the molecule is CN=C(NCc1ccc(S(C)(=O)=O)cc1)NC(C)Cc1c(C)nn(C)c1C.I. The lowest BCUT2D eigenvalue weighted by molar-refractivity contribution is 0.602. The molecule has 7 nitrogen and oxygen atoms in total. The minimum atomic E-state index is -3.17. The molecule has 0 bridgehead atoms. The van der Waals surface area contributed by atoms with Crippen molar-refractivity contribution in [1.82, 2.24) is 20.4 Å². The Morgan fingerprint density at radius 1 is 1.25 bits per heavy atom. The predicted molar refractivity (Wildman–Crippen MR) is 124 cm³/mol. The molecule has 0 saturated carbocycles. The molecular formula is C19H30IN5O2S. The molecule has 1 heterocycles. The molecule has 0 radical (unpaired) electrons. The van der Waals surface area contributed by atoms with Gasteiger partial charge in [-0.1, -0.05) is 12.1 Å². The van der Waals surface area contributed by atoms with Crippen molar-refractivity contribution >= 4 is 39.8 Å². The Bertz CT molecular complexity index is 921. The van der Waals surface area contributed by atoms with Gasteiger partial charge in [-0.15, -0.1) is 24.0 Å². The number of benzene rings is 1. The van der Waals surface area contributed by atoms with Crippen LogP contribution in [0.15, 0.2) is 34.2 Å². The Morgan fingerprint density at radius 2 is 1.86 bits per heavy atom. The molecule has 0 saturated heterocycles. The van der Waals surface area contributed by atoms with E-state index in [4.69, 9.17) is 0 Å². The summed E-state index contributed by atoms with van der Waals surface area (Å²) in [5.41, 5.74) is 4.47. The topological polar surface area (TPSA) is 88.4 Å². The zero-order valence-corrected chi connectivity index (χ0v) is 20.4. The molecule has 1 atom stereocenters. The summed E-state index contributed by atoms with van der Waals surface area (Å²) in [4.78, 5) is 4.59. The Balaban J connectivity index is 0.00000392. The Kier molecular flexibility index (Phi) is 8.93. The highest BCUT2D eigenvalue weighted by molar-refractivity contribution is 14.0. The molecule has 0 fully saturated rings. The average Bonchev–Trinajstić information content (AvgIpc) is 2.84. The van der Waals surface area contributed by atoms with Gasteiger partial charge < -0.3 is 10.6 Å². The van der Waals surface area contributed by atoms with Crippen molar-refractivity contribution in [2.45, 2.75) is 44.7 Å². The van der Waals surface area contributed by atoms with Crippen LogP contribution in [0.4, 0.5) is 0 Å². The third-order valence-corrected chi connectivity index (χ3v) is 5.72. The normalized spacial score (nSPS) is 13.0. The van der Waals surface area contributed by atoms with E-state index < -0.39 is 9.84 Å². The number of nitrogens with zero attached hydrogens (tertiary/aromatic N) is 3. The van der Waals surface area contributed by atoms with E-state index in [0.29, 0.717) is 17.4 Å². The highest BCUT2D eigenvalue weighted by Crippen LogP contribution is 2.14. The molecule has 1 aromatic heterocycles. The number of hydrogen-bond acceptors (Lipinski definition) is 4. The first-order chi connectivity index (χ1) is 12.6. The van der Waals surface area contributed by atoms with Crippen molar-refractivity contribution in [3.8, 4) is 0 Å². The van der Waals surface area contributed by atoms with Gasteiger partial charge in [0.2, 0.25) is 0 Å². The molecule has 0 amide bonds. The number of sulfone groups is 1. The molecule has 156 valence electrons. The van der Waals surface area contributed by atoms with Gasteiger partial charge in [-0.25, -0.2) is 8.42 Å². The molecule has 0 aliphatic rings. The molecule has 0 spiro atoms. The van der Waals surface area contributed by atoms with Crippen LogP contribution in [0.25, 0.3) is 0 Å². The fraction of sp³-hybridized carbons (Fsp3) is 0.474. The quantitative estimate of drug-likeness (QED) is 0.348. The fourth-order valence-corrected chi connectivity index (χ4v) is 3.57. The van der Waals surface area contributed by atoms with Crippen LogP contribution >= 0.6 is 24.0 Å². The van der Waals surface area contributed by atoms with Crippen LogP contribution in [0.5, 0.6) is 0 Å². The van der Waals surface area contributed by atoms with E-state index in [1.54, 1.807) is 19.2 Å². The monoisotopic (exact) mass is 519 g/mol. The molecule has 2 aromatic rings. The third kappa shape index (κ3) is 6.47. The lowest BCUT2D eigenvalue weighted by Crippen LogP contribution is -2.42. The van der Waals surface area contributed by atoms with Gasteiger partial charge in [0.25, 0.3) is 0 Å². The van der Waals surface area contributed by atoms with Crippen LogP contribution in [0, 0.1) is 13.8 Å². The van der Waals surface area contributed by atoms with Gasteiger partial charge in [0, 0.05) is 38.6 Å². The Labute approximate surface area is 185 Å². The lowest BCUT2D eigenvalue weighted by Gasteiger charge is -2.18. The van der Waals surface area contributed by atoms with Crippen LogP contribution in [0.2, 0.25) is 0 Å². The summed E-state index contributed by atoms with van der Waals surface area (Å²) in [7, 11) is 0.519. The standard InChI is InChI=1S/C19H29N5O2S.HI/c1-13(11-18-14(2)23-24(5)15(18)3)22-19(20-4)21-12-16-7-9-17(10-8-16)27(6,25)26;/h7-10,13H,11-12H2,1-6H3,(H2,20,21,22);1H. The molecule has 0 aliphatic heterocycles. The van der Waals surface area contributed by atoms with Crippen molar-refractivity contribution in [3.05, 3.63) is 46.8 Å². The summed E-state index contributed by atoms with van der Waals surface area (Å²) in [6.07, 6.45) is 2.06. The number of rotatable bonds is 6. The molecule has 1 aromatic carbocycles. The van der Waals surface area contributed by atoms with E-state index in [2.05, 4.69) is 34.6 Å². The molecule has 2 N–H and O–H groups in total. The highest BCUT2D eigenvalue weighted by atomic mass is 127. The zero-order valence-electron chi connectivity index (χ0n) is 17.3. The summed E-state index contributed by atoms with van der Waals surface area (Å²) < 4.78 is 25.0. The lowest BCUT2D eigenvalue weighted by atomic mass is 10.1. The first-order valence-corrected chi connectivity index (χ1v) is 10.8. The van der Waals surface area contributed by atoms with Gasteiger partial charge in [-0.05, 0) is 50.5 Å². The summed E-state index contributed by atoms with van der Waals surface area (Å²) in [5, 5.41) is 11.1. The van der Waals surface area contributed by atoms with Crippen molar-refractivity contribution < 1.29 is 8.42 Å². The van der Waals surface area contributed by atoms with Crippen LogP contribution < -0.4 is 10.6 Å². The molecule has 0 aliphatic carbocycles. The van der Waals surface area contributed by atoms with Gasteiger partial charge in [0.1, 0.15) is 0 Å². The molecule has 1 unspecified atom stereocenters. The third-order valence-electron chi connectivity index (χ3n) is 4.59.